The van der Waals surface area contributed by atoms with E-state index in [9.17, 15) is 0 Å². The Bertz CT molecular complexity index is 2690. The molecule has 4 heteroatoms. The van der Waals surface area contributed by atoms with Gasteiger partial charge in [0.05, 0.1) is 16.8 Å². The second-order valence-electron chi connectivity index (χ2n) is 13.5. The second kappa shape index (κ2) is 12.6. The average molecular weight is 677 g/mol. The Morgan fingerprint density at radius 2 is 0.925 bits per heavy atom. The molecule has 0 unspecified atom stereocenters. The number of rotatable bonds is 6. The number of fused-ring (bicyclic) bond motifs is 5. The molecule has 4 heterocycles. The molecular formula is C49H32N4. The van der Waals surface area contributed by atoms with Gasteiger partial charge >= 0.3 is 0 Å². The van der Waals surface area contributed by atoms with Crippen molar-refractivity contribution in [3.05, 3.63) is 217 Å². The lowest BCUT2D eigenvalue weighted by molar-refractivity contribution is 0.776. The van der Waals surface area contributed by atoms with E-state index in [0.29, 0.717) is 0 Å². The molecule has 4 aromatic heterocycles. The lowest BCUT2D eigenvalue weighted by atomic mass is 9.66. The third-order valence-electron chi connectivity index (χ3n) is 10.6. The van der Waals surface area contributed by atoms with E-state index in [1.807, 2.05) is 49.1 Å². The van der Waals surface area contributed by atoms with Crippen molar-refractivity contribution in [3.63, 3.8) is 0 Å². The molecule has 10 rings (SSSR count). The number of pyridine rings is 4. The molecule has 1 aliphatic rings. The first-order valence-electron chi connectivity index (χ1n) is 17.8. The average Bonchev–Trinajstić information content (AvgIpc) is 3.56. The van der Waals surface area contributed by atoms with Crippen molar-refractivity contribution in [3.8, 4) is 55.9 Å². The van der Waals surface area contributed by atoms with Gasteiger partial charge in [-0.25, -0.2) is 0 Å². The first-order chi connectivity index (χ1) is 26.3. The van der Waals surface area contributed by atoms with E-state index in [2.05, 4.69) is 143 Å². The van der Waals surface area contributed by atoms with Gasteiger partial charge in [0.15, 0.2) is 0 Å². The van der Waals surface area contributed by atoms with E-state index in [-0.39, 0.29) is 0 Å². The van der Waals surface area contributed by atoms with Crippen molar-refractivity contribution in [2.45, 2.75) is 5.41 Å². The molecule has 4 nitrogen and oxygen atoms in total. The van der Waals surface area contributed by atoms with Gasteiger partial charge in [-0.2, -0.15) is 0 Å². The topological polar surface area (TPSA) is 51.6 Å². The molecule has 0 atom stereocenters. The molecule has 9 aromatic rings. The number of nitrogens with zero attached hydrogens (tertiary/aromatic N) is 4. The molecule has 1 aliphatic carbocycles. The molecule has 53 heavy (non-hydrogen) atoms. The Morgan fingerprint density at radius 3 is 1.47 bits per heavy atom. The van der Waals surface area contributed by atoms with Crippen LogP contribution in [0, 0.1) is 0 Å². The van der Waals surface area contributed by atoms with Crippen LogP contribution < -0.4 is 0 Å². The minimum absolute atomic E-state index is 0.555. The summed E-state index contributed by atoms with van der Waals surface area (Å²) in [4.78, 5) is 18.2. The van der Waals surface area contributed by atoms with Crippen LogP contribution in [0.2, 0.25) is 0 Å². The van der Waals surface area contributed by atoms with Gasteiger partial charge in [0.1, 0.15) is 0 Å². The molecule has 0 fully saturated rings. The molecule has 0 saturated carbocycles. The van der Waals surface area contributed by atoms with Crippen LogP contribution in [0.3, 0.4) is 0 Å². The fourth-order valence-corrected chi connectivity index (χ4v) is 8.18. The summed E-state index contributed by atoms with van der Waals surface area (Å²) in [6.07, 6.45) is 11.2. The van der Waals surface area contributed by atoms with Gasteiger partial charge in [-0.3, -0.25) is 19.9 Å². The quantitative estimate of drug-likeness (QED) is 0.176. The molecule has 0 spiro atoms. The summed E-state index contributed by atoms with van der Waals surface area (Å²) in [6.45, 7) is 0. The van der Waals surface area contributed by atoms with Crippen LogP contribution in [-0.4, -0.2) is 19.9 Å². The van der Waals surface area contributed by atoms with Gasteiger partial charge in [0.25, 0.3) is 0 Å². The summed E-state index contributed by atoms with van der Waals surface area (Å²) in [6, 6.07) is 56.8. The van der Waals surface area contributed by atoms with E-state index in [4.69, 9.17) is 9.97 Å². The highest BCUT2D eigenvalue weighted by Crippen LogP contribution is 2.58. The summed E-state index contributed by atoms with van der Waals surface area (Å²) in [5, 5.41) is 2.43. The minimum Gasteiger partial charge on any atom is -0.264 e. The molecule has 0 saturated heterocycles. The largest absolute Gasteiger partial charge is 0.264 e. The smallest absolute Gasteiger partial charge is 0.0719 e. The minimum atomic E-state index is -0.555. The van der Waals surface area contributed by atoms with Crippen LogP contribution >= 0.6 is 0 Å². The normalized spacial score (nSPS) is 12.7. The van der Waals surface area contributed by atoms with Crippen molar-refractivity contribution in [1.82, 2.24) is 19.9 Å². The standard InChI is InChI=1S/C49H32N4/c1-3-11-40(12-4-1)49(41-13-5-2-6-14-41)45-28-34(37-19-24-47(53-32-37)39-10-8-26-51-30-39)16-21-43(45)44-22-17-35-27-33(15-20-42(35)48(44)49)36-18-23-46(52-31-36)38-9-7-25-50-29-38/h1-32H. The van der Waals surface area contributed by atoms with Crippen molar-refractivity contribution in [1.29, 1.82) is 0 Å². The Kier molecular flexibility index (Phi) is 7.33. The van der Waals surface area contributed by atoms with Gasteiger partial charge in [-0.05, 0) is 104 Å². The van der Waals surface area contributed by atoms with E-state index < -0.39 is 5.41 Å². The lowest BCUT2D eigenvalue weighted by Crippen LogP contribution is -2.28. The Morgan fingerprint density at radius 1 is 0.377 bits per heavy atom. The van der Waals surface area contributed by atoms with Crippen LogP contribution in [0.25, 0.3) is 66.7 Å². The highest BCUT2D eigenvalue weighted by molar-refractivity contribution is 6.02. The fourth-order valence-electron chi connectivity index (χ4n) is 8.18. The molecule has 248 valence electrons. The van der Waals surface area contributed by atoms with Crippen molar-refractivity contribution >= 4 is 10.8 Å². The first kappa shape index (κ1) is 30.8. The third-order valence-corrected chi connectivity index (χ3v) is 10.6. The zero-order valence-corrected chi connectivity index (χ0v) is 28.8. The van der Waals surface area contributed by atoms with E-state index in [1.54, 1.807) is 12.4 Å². The molecule has 0 amide bonds. The monoisotopic (exact) mass is 676 g/mol. The maximum Gasteiger partial charge on any atom is 0.0719 e. The van der Waals surface area contributed by atoms with Gasteiger partial charge in [0.2, 0.25) is 0 Å². The zero-order chi connectivity index (χ0) is 35.2. The molecular weight excluding hydrogens is 645 g/mol. The summed E-state index contributed by atoms with van der Waals surface area (Å²) in [5.74, 6) is 0. The summed E-state index contributed by atoms with van der Waals surface area (Å²) < 4.78 is 0. The molecule has 5 aromatic carbocycles. The van der Waals surface area contributed by atoms with Gasteiger partial charge in [-0.1, -0.05) is 109 Å². The van der Waals surface area contributed by atoms with Gasteiger partial charge in [0, 0.05) is 59.4 Å². The van der Waals surface area contributed by atoms with E-state index >= 15 is 0 Å². The molecule has 0 aliphatic heterocycles. The SMILES string of the molecule is c1ccc(C2(c3ccccc3)c3cc(-c4ccc(-c5cccnc5)nc4)ccc3-c3ccc4cc(-c5ccc(-c6cccnc6)nc5)ccc4c32)cc1. The van der Waals surface area contributed by atoms with E-state index in [1.165, 1.54) is 44.2 Å². The second-order valence-corrected chi connectivity index (χ2v) is 13.5. The fraction of sp³-hybridized carbons (Fsp3) is 0.0204. The number of hydrogen-bond acceptors (Lipinski definition) is 4. The highest BCUT2D eigenvalue weighted by atomic mass is 14.7. The van der Waals surface area contributed by atoms with Gasteiger partial charge < -0.3 is 0 Å². The zero-order valence-electron chi connectivity index (χ0n) is 28.8. The maximum atomic E-state index is 4.86. The maximum absolute atomic E-state index is 4.86. The molecule has 0 N–H and O–H groups in total. The molecule has 0 radical (unpaired) electrons. The molecule has 0 bridgehead atoms. The van der Waals surface area contributed by atoms with Crippen LogP contribution in [-0.2, 0) is 5.41 Å². The van der Waals surface area contributed by atoms with Crippen molar-refractivity contribution < 1.29 is 0 Å². The van der Waals surface area contributed by atoms with E-state index in [0.717, 1.165) is 44.8 Å². The van der Waals surface area contributed by atoms with Crippen LogP contribution in [0.15, 0.2) is 195 Å². The predicted molar refractivity (Wildman–Crippen MR) is 214 cm³/mol. The lowest BCUT2D eigenvalue weighted by Gasteiger charge is -2.35. The summed E-state index contributed by atoms with van der Waals surface area (Å²) in [5.41, 5.74) is 15.2. The van der Waals surface area contributed by atoms with Crippen LogP contribution in [0.5, 0.6) is 0 Å². The van der Waals surface area contributed by atoms with Crippen molar-refractivity contribution in [2.75, 3.05) is 0 Å². The van der Waals surface area contributed by atoms with Crippen LogP contribution in [0.4, 0.5) is 0 Å². The van der Waals surface area contributed by atoms with Crippen molar-refractivity contribution in [2.24, 2.45) is 0 Å². The number of benzene rings is 5. The Labute approximate surface area is 308 Å². The summed E-state index contributed by atoms with van der Waals surface area (Å²) in [7, 11) is 0. The Hall–Kier alpha value is -7.04. The number of aromatic nitrogens is 4. The summed E-state index contributed by atoms with van der Waals surface area (Å²) >= 11 is 0. The number of hydrogen-bond donors (Lipinski definition) is 0. The Balaban J connectivity index is 1.16. The predicted octanol–water partition coefficient (Wildman–Crippen LogP) is 11.5. The third kappa shape index (κ3) is 5.07. The van der Waals surface area contributed by atoms with Crippen LogP contribution in [0.1, 0.15) is 22.3 Å². The highest BCUT2D eigenvalue weighted by Gasteiger charge is 2.47. The van der Waals surface area contributed by atoms with Gasteiger partial charge in [-0.15, -0.1) is 0 Å². The first-order valence-corrected chi connectivity index (χ1v) is 17.8.